The molecule has 1 aliphatic rings. The van der Waals surface area contributed by atoms with Crippen molar-refractivity contribution >= 4 is 6.09 Å². The first kappa shape index (κ1) is 12.9. The molecule has 1 aromatic rings. The quantitative estimate of drug-likeness (QED) is 0.823. The largest absolute Gasteiger partial charge is 0.445 e. The topological polar surface area (TPSA) is 29.5 Å². The normalized spacial score (nSPS) is 22.1. The fraction of sp³-hybridized carbons (Fsp3) is 0.500. The van der Waals surface area contributed by atoms with Gasteiger partial charge in [-0.25, -0.2) is 9.18 Å². The lowest BCUT2D eigenvalue weighted by molar-refractivity contribution is 0.0716. The minimum atomic E-state index is -0.677. The predicted molar refractivity (Wildman–Crippen MR) is 66.9 cm³/mol. The Morgan fingerprint density at radius 2 is 2.06 bits per heavy atom. The maximum absolute atomic E-state index is 12.7. The van der Waals surface area contributed by atoms with Crippen LogP contribution in [0.25, 0.3) is 0 Å². The van der Waals surface area contributed by atoms with Crippen LogP contribution in [0.15, 0.2) is 30.3 Å². The van der Waals surface area contributed by atoms with Gasteiger partial charge in [0.2, 0.25) is 0 Å². The number of hydrogen-bond donors (Lipinski definition) is 0. The number of ether oxygens (including phenoxy) is 1. The van der Waals surface area contributed by atoms with Crippen LogP contribution in [0.5, 0.6) is 0 Å². The maximum atomic E-state index is 12.7. The molecule has 4 heteroatoms. The third-order valence-corrected chi connectivity index (χ3v) is 3.23. The van der Waals surface area contributed by atoms with E-state index in [-0.39, 0.29) is 18.6 Å². The molecule has 1 fully saturated rings. The van der Waals surface area contributed by atoms with E-state index in [1.807, 2.05) is 30.3 Å². The van der Waals surface area contributed by atoms with Crippen LogP contribution in [0.2, 0.25) is 0 Å². The first-order chi connectivity index (χ1) is 8.65. The zero-order valence-electron chi connectivity index (χ0n) is 10.5. The van der Waals surface area contributed by atoms with Crippen LogP contribution in [0.3, 0.4) is 0 Å². The molecular weight excluding hydrogens is 233 g/mol. The number of carbonyl (C=O) groups is 1. The molecule has 0 bridgehead atoms. The number of carbonyl (C=O) groups excluding carboxylic acids is 1. The van der Waals surface area contributed by atoms with Gasteiger partial charge in [-0.3, -0.25) is 0 Å². The van der Waals surface area contributed by atoms with E-state index in [0.717, 1.165) is 5.56 Å². The van der Waals surface area contributed by atoms with Crippen LogP contribution >= 0.6 is 0 Å². The molecule has 0 spiro atoms. The summed E-state index contributed by atoms with van der Waals surface area (Å²) in [5.41, 5.74) is 0.965. The van der Waals surface area contributed by atoms with E-state index in [4.69, 9.17) is 4.74 Å². The van der Waals surface area contributed by atoms with Crippen LogP contribution < -0.4 is 0 Å². The van der Waals surface area contributed by atoms with Crippen LogP contribution in [0.4, 0.5) is 9.18 Å². The molecule has 3 nitrogen and oxygen atoms in total. The Morgan fingerprint density at radius 3 is 2.67 bits per heavy atom. The molecule has 0 saturated heterocycles. The molecule has 1 aromatic carbocycles. The third-order valence-electron chi connectivity index (χ3n) is 3.23. The Hall–Kier alpha value is -1.58. The standard InChI is InChI=1S/C14H18FNO2/c1-16(9-12-7-13(15)8-12)14(17)18-10-11-5-3-2-4-6-11/h2-6,12-13H,7-10H2,1H3. The number of halogens is 1. The van der Waals surface area contributed by atoms with Gasteiger partial charge in [0, 0.05) is 13.6 Å². The SMILES string of the molecule is CN(CC1CC(F)C1)C(=O)OCc1ccccc1. The second-order valence-corrected chi connectivity index (χ2v) is 4.86. The van der Waals surface area contributed by atoms with E-state index in [1.165, 1.54) is 4.90 Å². The molecule has 98 valence electrons. The van der Waals surface area contributed by atoms with Crippen LogP contribution in [0, 0.1) is 5.92 Å². The highest BCUT2D eigenvalue weighted by Crippen LogP contribution is 2.30. The van der Waals surface area contributed by atoms with Crippen molar-refractivity contribution in [3.05, 3.63) is 35.9 Å². The molecular formula is C14H18FNO2. The molecule has 0 heterocycles. The summed E-state index contributed by atoms with van der Waals surface area (Å²) in [4.78, 5) is 13.2. The van der Waals surface area contributed by atoms with Crippen molar-refractivity contribution in [1.82, 2.24) is 4.90 Å². The molecule has 1 amide bonds. The van der Waals surface area contributed by atoms with Crippen molar-refractivity contribution in [2.45, 2.75) is 25.6 Å². The van der Waals surface area contributed by atoms with Gasteiger partial charge in [0.05, 0.1) is 0 Å². The van der Waals surface area contributed by atoms with E-state index in [2.05, 4.69) is 0 Å². The van der Waals surface area contributed by atoms with Gasteiger partial charge in [-0.1, -0.05) is 30.3 Å². The average Bonchev–Trinajstić information content (AvgIpc) is 2.35. The highest BCUT2D eigenvalue weighted by Gasteiger charge is 2.30. The third kappa shape index (κ3) is 3.45. The minimum Gasteiger partial charge on any atom is -0.445 e. The molecule has 2 rings (SSSR count). The van der Waals surface area contributed by atoms with E-state index in [9.17, 15) is 9.18 Å². The van der Waals surface area contributed by atoms with Gasteiger partial charge < -0.3 is 9.64 Å². The molecule has 1 saturated carbocycles. The Kier molecular flexibility index (Phi) is 4.18. The number of alkyl halides is 1. The van der Waals surface area contributed by atoms with Gasteiger partial charge in [0.1, 0.15) is 12.8 Å². The second-order valence-electron chi connectivity index (χ2n) is 4.86. The molecule has 0 aliphatic heterocycles. The molecule has 0 unspecified atom stereocenters. The van der Waals surface area contributed by atoms with Crippen LogP contribution in [-0.4, -0.2) is 30.8 Å². The molecule has 1 aliphatic carbocycles. The van der Waals surface area contributed by atoms with Gasteiger partial charge >= 0.3 is 6.09 Å². The van der Waals surface area contributed by atoms with Gasteiger partial charge in [0.15, 0.2) is 0 Å². The zero-order chi connectivity index (χ0) is 13.0. The lowest BCUT2D eigenvalue weighted by Gasteiger charge is -2.32. The molecule has 0 atom stereocenters. The van der Waals surface area contributed by atoms with Crippen molar-refractivity contribution in [3.63, 3.8) is 0 Å². The molecule has 0 N–H and O–H groups in total. The first-order valence-corrected chi connectivity index (χ1v) is 6.21. The summed E-state index contributed by atoms with van der Waals surface area (Å²) < 4.78 is 17.8. The highest BCUT2D eigenvalue weighted by atomic mass is 19.1. The fourth-order valence-corrected chi connectivity index (χ4v) is 2.09. The zero-order valence-corrected chi connectivity index (χ0v) is 10.5. The highest BCUT2D eigenvalue weighted by molar-refractivity contribution is 5.67. The minimum absolute atomic E-state index is 0.278. The Morgan fingerprint density at radius 1 is 1.39 bits per heavy atom. The number of benzene rings is 1. The summed E-state index contributed by atoms with van der Waals surface area (Å²) in [5.74, 6) is 0.286. The summed E-state index contributed by atoms with van der Waals surface area (Å²) in [6, 6.07) is 9.55. The molecule has 0 radical (unpaired) electrons. The Bertz CT molecular complexity index is 390. The lowest BCUT2D eigenvalue weighted by Crippen LogP contribution is -2.38. The van der Waals surface area contributed by atoms with Gasteiger partial charge in [0.25, 0.3) is 0 Å². The fourth-order valence-electron chi connectivity index (χ4n) is 2.09. The van der Waals surface area contributed by atoms with Crippen LogP contribution in [0.1, 0.15) is 18.4 Å². The van der Waals surface area contributed by atoms with Crippen molar-refractivity contribution in [2.75, 3.05) is 13.6 Å². The summed E-state index contributed by atoms with van der Waals surface area (Å²) in [6.07, 6.45) is 0.108. The lowest BCUT2D eigenvalue weighted by atomic mass is 9.83. The van der Waals surface area contributed by atoms with E-state index in [1.54, 1.807) is 7.05 Å². The summed E-state index contributed by atoms with van der Waals surface area (Å²) >= 11 is 0. The van der Waals surface area contributed by atoms with Crippen molar-refractivity contribution in [3.8, 4) is 0 Å². The van der Waals surface area contributed by atoms with E-state index >= 15 is 0 Å². The van der Waals surface area contributed by atoms with Crippen LogP contribution in [-0.2, 0) is 11.3 Å². The average molecular weight is 251 g/mol. The predicted octanol–water partition coefficient (Wildman–Crippen LogP) is 3.00. The van der Waals surface area contributed by atoms with E-state index in [0.29, 0.717) is 19.4 Å². The number of amides is 1. The van der Waals surface area contributed by atoms with Gasteiger partial charge in [-0.05, 0) is 24.3 Å². The van der Waals surface area contributed by atoms with Crippen molar-refractivity contribution < 1.29 is 13.9 Å². The van der Waals surface area contributed by atoms with Crippen molar-refractivity contribution in [2.24, 2.45) is 5.92 Å². The monoisotopic (exact) mass is 251 g/mol. The molecule has 18 heavy (non-hydrogen) atoms. The smallest absolute Gasteiger partial charge is 0.409 e. The number of nitrogens with zero attached hydrogens (tertiary/aromatic N) is 1. The summed E-state index contributed by atoms with van der Waals surface area (Å²) in [6.45, 7) is 0.856. The first-order valence-electron chi connectivity index (χ1n) is 6.21. The number of hydrogen-bond acceptors (Lipinski definition) is 2. The molecule has 0 aromatic heterocycles. The Balaban J connectivity index is 1.71. The number of rotatable bonds is 4. The van der Waals surface area contributed by atoms with Gasteiger partial charge in [-0.15, -0.1) is 0 Å². The van der Waals surface area contributed by atoms with Crippen molar-refractivity contribution in [1.29, 1.82) is 0 Å². The second kappa shape index (κ2) is 5.85. The summed E-state index contributed by atoms with van der Waals surface area (Å²) in [7, 11) is 1.69. The maximum Gasteiger partial charge on any atom is 0.409 e. The summed E-state index contributed by atoms with van der Waals surface area (Å²) in [5, 5.41) is 0. The Labute approximate surface area is 107 Å². The van der Waals surface area contributed by atoms with E-state index < -0.39 is 6.17 Å². The van der Waals surface area contributed by atoms with Gasteiger partial charge in [-0.2, -0.15) is 0 Å².